The Morgan fingerprint density at radius 3 is 2.33 bits per heavy atom. The van der Waals surface area contributed by atoms with Gasteiger partial charge in [-0.15, -0.1) is 0 Å². The molecule has 0 aliphatic carbocycles. The van der Waals surface area contributed by atoms with Crippen molar-refractivity contribution in [2.24, 2.45) is 0 Å². The van der Waals surface area contributed by atoms with E-state index < -0.39 is 29.3 Å². The van der Waals surface area contributed by atoms with Crippen molar-refractivity contribution in [3.05, 3.63) is 123 Å². The monoisotopic (exact) mass is 705 g/mol. The molecule has 0 saturated heterocycles. The molecule has 0 saturated carbocycles. The lowest BCUT2D eigenvalue weighted by Gasteiger charge is -2.13. The smallest absolute Gasteiger partial charge is 0.411 e. The van der Waals surface area contributed by atoms with Gasteiger partial charge in [0.05, 0.1) is 48.8 Å². The summed E-state index contributed by atoms with van der Waals surface area (Å²) in [5.41, 5.74) is 3.69. The maximum Gasteiger partial charge on any atom is 0.411 e. The predicted octanol–water partition coefficient (Wildman–Crippen LogP) is 9.77. The molecule has 0 aliphatic rings. The van der Waals surface area contributed by atoms with E-state index in [1.54, 1.807) is 55.0 Å². The molecule has 252 valence electrons. The Morgan fingerprint density at radius 1 is 0.918 bits per heavy atom. The largest absolute Gasteiger partial charge is 0.495 e. The molecule has 4 aromatic carbocycles. The Bertz CT molecular complexity index is 2050. The van der Waals surface area contributed by atoms with Gasteiger partial charge >= 0.3 is 12.1 Å². The minimum Gasteiger partial charge on any atom is -0.495 e. The van der Waals surface area contributed by atoms with Crippen LogP contribution in [0.5, 0.6) is 5.75 Å². The number of benzene rings is 4. The topological polar surface area (TPSA) is 91.7 Å². The minimum atomic E-state index is -1.29. The van der Waals surface area contributed by atoms with Crippen LogP contribution < -0.4 is 10.1 Å². The van der Waals surface area contributed by atoms with Gasteiger partial charge in [-0.2, -0.15) is 0 Å². The molecule has 0 fully saturated rings. The normalized spacial score (nSPS) is 11.2. The molecular formula is C37H31Cl2F2N3O5. The molecule has 49 heavy (non-hydrogen) atoms. The average molecular weight is 707 g/mol. The Labute approximate surface area is 291 Å². The van der Waals surface area contributed by atoms with Gasteiger partial charge in [-0.25, -0.2) is 23.4 Å². The molecule has 0 radical (unpaired) electrons. The number of imidazole rings is 1. The summed E-state index contributed by atoms with van der Waals surface area (Å²) in [5.74, 6) is -2.52. The Hall–Kier alpha value is -5.19. The van der Waals surface area contributed by atoms with Crippen LogP contribution in [0.4, 0.5) is 19.3 Å². The number of aromatic nitrogens is 2. The highest BCUT2D eigenvalue weighted by Crippen LogP contribution is 2.33. The molecule has 1 amide bonds. The summed E-state index contributed by atoms with van der Waals surface area (Å²) < 4.78 is 46.7. The van der Waals surface area contributed by atoms with Gasteiger partial charge in [0.1, 0.15) is 11.6 Å². The maximum absolute atomic E-state index is 15.1. The molecule has 1 aromatic heterocycles. The molecule has 12 heteroatoms. The first kappa shape index (κ1) is 35.1. The van der Waals surface area contributed by atoms with Gasteiger partial charge in [0.15, 0.2) is 11.6 Å². The lowest BCUT2D eigenvalue weighted by Crippen LogP contribution is -2.18. The van der Waals surface area contributed by atoms with Crippen molar-refractivity contribution in [2.45, 2.75) is 26.5 Å². The van der Waals surface area contributed by atoms with Crippen molar-refractivity contribution in [2.75, 3.05) is 19.5 Å². The molecule has 8 nitrogen and oxygen atoms in total. The van der Waals surface area contributed by atoms with Gasteiger partial charge in [-0.05, 0) is 73.0 Å². The first-order chi connectivity index (χ1) is 23.5. The number of halogens is 4. The van der Waals surface area contributed by atoms with E-state index in [1.165, 1.54) is 19.2 Å². The lowest BCUT2D eigenvalue weighted by atomic mass is 10.0. The molecule has 5 rings (SSSR count). The predicted molar refractivity (Wildman–Crippen MR) is 187 cm³/mol. The highest BCUT2D eigenvalue weighted by atomic mass is 35.5. The summed E-state index contributed by atoms with van der Waals surface area (Å²) >= 11 is 12.6. The van der Waals surface area contributed by atoms with E-state index in [2.05, 4.69) is 10.1 Å². The zero-order valence-corrected chi connectivity index (χ0v) is 28.4. The summed E-state index contributed by atoms with van der Waals surface area (Å²) in [6.45, 7) is 3.43. The molecular weight excluding hydrogens is 675 g/mol. The van der Waals surface area contributed by atoms with Crippen molar-refractivity contribution >= 4 is 53.1 Å². The van der Waals surface area contributed by atoms with Crippen LogP contribution in [0, 0.1) is 11.6 Å². The number of methoxy groups -OCH3 is 2. The van der Waals surface area contributed by atoms with E-state index >= 15 is 4.39 Å². The van der Waals surface area contributed by atoms with Crippen molar-refractivity contribution in [1.29, 1.82) is 0 Å². The Kier molecular flexibility index (Phi) is 11.0. The van der Waals surface area contributed by atoms with Crippen LogP contribution in [0.25, 0.3) is 34.5 Å². The van der Waals surface area contributed by atoms with Crippen LogP contribution in [-0.4, -0.2) is 41.9 Å². The number of nitrogens with one attached hydrogen (secondary N) is 1. The van der Waals surface area contributed by atoms with Crippen molar-refractivity contribution in [3.8, 4) is 28.1 Å². The first-order valence-electron chi connectivity index (χ1n) is 15.0. The second kappa shape index (κ2) is 15.4. The SMILES string of the molecule is COC(=O)c1ccc(Cn2cc(-c3ccc(Cl)cc3Cl)nc2/C=C/c2ccc(-c3ccc(NC(=O)OC(C)C)c(OC)c3)cc2)c(F)c1F. The van der Waals surface area contributed by atoms with Crippen molar-refractivity contribution in [1.82, 2.24) is 9.55 Å². The van der Waals surface area contributed by atoms with Crippen LogP contribution in [0.2, 0.25) is 10.0 Å². The van der Waals surface area contributed by atoms with Gasteiger partial charge in [0.25, 0.3) is 0 Å². The molecule has 0 unspecified atom stereocenters. The number of amides is 1. The number of carbonyl (C=O) groups is 2. The number of rotatable bonds is 10. The minimum absolute atomic E-state index is 0.00349. The fraction of sp³-hybridized carbons (Fsp3) is 0.162. The number of ether oxygens (including phenoxy) is 3. The van der Waals surface area contributed by atoms with Crippen molar-refractivity contribution in [3.63, 3.8) is 0 Å². The molecule has 0 atom stereocenters. The number of nitrogens with zero attached hydrogens (tertiary/aromatic N) is 2. The van der Waals surface area contributed by atoms with E-state index in [0.717, 1.165) is 23.8 Å². The average Bonchev–Trinajstić information content (AvgIpc) is 3.47. The number of hydrogen-bond donors (Lipinski definition) is 1. The van der Waals surface area contributed by atoms with E-state index in [9.17, 15) is 14.0 Å². The van der Waals surface area contributed by atoms with Gasteiger partial charge in [0, 0.05) is 22.3 Å². The summed E-state index contributed by atoms with van der Waals surface area (Å²) in [5, 5.41) is 3.52. The highest BCUT2D eigenvalue weighted by molar-refractivity contribution is 6.36. The van der Waals surface area contributed by atoms with E-state index in [0.29, 0.717) is 38.6 Å². The van der Waals surface area contributed by atoms with Crippen LogP contribution in [0.3, 0.4) is 0 Å². The van der Waals surface area contributed by atoms with E-state index in [1.807, 2.05) is 42.5 Å². The third-order valence-corrected chi connectivity index (χ3v) is 7.92. The van der Waals surface area contributed by atoms with E-state index in [-0.39, 0.29) is 18.2 Å². The molecule has 0 spiro atoms. The third-order valence-electron chi connectivity index (χ3n) is 7.37. The number of hydrogen-bond acceptors (Lipinski definition) is 6. The highest BCUT2D eigenvalue weighted by Gasteiger charge is 2.20. The van der Waals surface area contributed by atoms with Crippen molar-refractivity contribution < 1.29 is 32.6 Å². The zero-order chi connectivity index (χ0) is 35.2. The fourth-order valence-corrected chi connectivity index (χ4v) is 5.47. The standard InChI is InChI=1S/C37H31Cl2F2N3O5/c1-21(2)49-37(46)43-30-15-11-24(17-32(30)47-3)23-8-5-22(6-9-23)7-16-33-42-31(27-14-12-26(38)18-29(27)39)20-44(33)19-25-10-13-28(36(45)48-4)35(41)34(25)40/h5-18,20-21H,19H2,1-4H3,(H,43,46)/b16-7+. The summed E-state index contributed by atoms with van der Waals surface area (Å²) in [7, 11) is 2.61. The molecule has 0 aliphatic heterocycles. The molecule has 1 heterocycles. The van der Waals surface area contributed by atoms with Gasteiger partial charge in [-0.3, -0.25) is 5.32 Å². The van der Waals surface area contributed by atoms with Crippen LogP contribution in [-0.2, 0) is 16.0 Å². The molecule has 5 aromatic rings. The number of esters is 1. The molecule has 0 bridgehead atoms. The van der Waals surface area contributed by atoms with Gasteiger partial charge in [0.2, 0.25) is 0 Å². The second-order valence-corrected chi connectivity index (χ2v) is 11.9. The fourth-order valence-electron chi connectivity index (χ4n) is 4.96. The van der Waals surface area contributed by atoms with Gasteiger partial charge < -0.3 is 18.8 Å². The summed E-state index contributed by atoms with van der Waals surface area (Å²) in [6, 6.07) is 20.6. The summed E-state index contributed by atoms with van der Waals surface area (Å²) in [4.78, 5) is 28.7. The second-order valence-electron chi connectivity index (χ2n) is 11.1. The maximum atomic E-state index is 15.1. The lowest BCUT2D eigenvalue weighted by molar-refractivity contribution is 0.0594. The van der Waals surface area contributed by atoms with E-state index in [4.69, 9.17) is 37.7 Å². The van der Waals surface area contributed by atoms with Crippen LogP contribution in [0.1, 0.15) is 41.2 Å². The number of carbonyl (C=O) groups excluding carboxylic acids is 2. The Balaban J connectivity index is 1.43. The summed E-state index contributed by atoms with van der Waals surface area (Å²) in [6.07, 6.45) is 4.43. The van der Waals surface area contributed by atoms with Gasteiger partial charge in [-0.1, -0.05) is 65.7 Å². The quantitative estimate of drug-likeness (QED) is 0.146. The first-order valence-corrected chi connectivity index (χ1v) is 15.7. The van der Waals surface area contributed by atoms with Crippen LogP contribution >= 0.6 is 23.2 Å². The number of anilines is 1. The zero-order valence-electron chi connectivity index (χ0n) is 26.9. The molecule has 1 N–H and O–H groups in total. The van der Waals surface area contributed by atoms with Crippen LogP contribution in [0.15, 0.2) is 79.0 Å². The third kappa shape index (κ3) is 8.28. The Morgan fingerprint density at radius 2 is 1.65 bits per heavy atom.